The summed E-state index contributed by atoms with van der Waals surface area (Å²) in [6.07, 6.45) is 0. The van der Waals surface area contributed by atoms with Crippen LogP contribution in [0.5, 0.6) is 0 Å². The van der Waals surface area contributed by atoms with Crippen LogP contribution in [0.4, 0.5) is 0 Å². The standard InChI is InChI=1S/C9H21INO2/c1-8(2,3)11(6,12-7)13-9(4,5)10/h1-7H3/q+1. The van der Waals surface area contributed by atoms with Crippen molar-refractivity contribution in [1.82, 2.24) is 0 Å². The topological polar surface area (TPSA) is 18.5 Å². The molecule has 4 heteroatoms. The van der Waals surface area contributed by atoms with Crippen LogP contribution in [-0.4, -0.2) is 28.1 Å². The molecule has 0 aliphatic carbocycles. The highest BCUT2D eigenvalue weighted by Gasteiger charge is 2.44. The van der Waals surface area contributed by atoms with Crippen LogP contribution in [0.25, 0.3) is 0 Å². The van der Waals surface area contributed by atoms with E-state index in [1.54, 1.807) is 7.11 Å². The van der Waals surface area contributed by atoms with Crippen molar-refractivity contribution in [2.24, 2.45) is 0 Å². The molecule has 1 unspecified atom stereocenters. The molecule has 80 valence electrons. The zero-order chi connectivity index (χ0) is 10.9. The van der Waals surface area contributed by atoms with Crippen LogP contribution in [0.15, 0.2) is 0 Å². The summed E-state index contributed by atoms with van der Waals surface area (Å²) in [6.45, 7) is 10.3. The lowest BCUT2D eigenvalue weighted by Crippen LogP contribution is -2.58. The van der Waals surface area contributed by atoms with Crippen molar-refractivity contribution in [3.63, 3.8) is 0 Å². The molecule has 0 aromatic rings. The third kappa shape index (κ3) is 4.10. The van der Waals surface area contributed by atoms with Crippen molar-refractivity contribution in [3.05, 3.63) is 0 Å². The number of nitrogens with zero attached hydrogens (tertiary/aromatic N) is 1. The van der Waals surface area contributed by atoms with Gasteiger partial charge in [0.05, 0.1) is 7.11 Å². The van der Waals surface area contributed by atoms with Gasteiger partial charge in [-0.1, -0.05) is 0 Å². The highest BCUT2D eigenvalue weighted by molar-refractivity contribution is 14.1. The van der Waals surface area contributed by atoms with Crippen molar-refractivity contribution < 1.29 is 14.5 Å². The third-order valence-electron chi connectivity index (χ3n) is 1.96. The first-order chi connectivity index (χ1) is 5.52. The third-order valence-corrected chi connectivity index (χ3v) is 2.16. The zero-order valence-corrected chi connectivity index (χ0v) is 11.8. The van der Waals surface area contributed by atoms with Gasteiger partial charge in [0, 0.05) is 0 Å². The lowest BCUT2D eigenvalue weighted by molar-refractivity contribution is -1.26. The molecule has 0 saturated carbocycles. The quantitative estimate of drug-likeness (QED) is 0.345. The average molecular weight is 302 g/mol. The van der Waals surface area contributed by atoms with E-state index in [2.05, 4.69) is 43.4 Å². The minimum atomic E-state index is -0.240. The Morgan fingerprint density at radius 2 is 1.46 bits per heavy atom. The first-order valence-corrected chi connectivity index (χ1v) is 5.42. The molecule has 0 aliphatic rings. The van der Waals surface area contributed by atoms with Gasteiger partial charge in [-0.25, -0.2) is 0 Å². The smallest absolute Gasteiger partial charge is 0.171 e. The summed E-state index contributed by atoms with van der Waals surface area (Å²) in [4.78, 5) is 11.4. The first kappa shape index (κ1) is 13.6. The van der Waals surface area contributed by atoms with Gasteiger partial charge in [-0.3, -0.25) is 0 Å². The molecule has 0 radical (unpaired) electrons. The molecule has 0 rings (SSSR count). The molecule has 0 N–H and O–H groups in total. The number of halogens is 1. The Morgan fingerprint density at radius 1 is 1.08 bits per heavy atom. The second kappa shape index (κ2) is 4.00. The molecule has 0 spiro atoms. The second-order valence-electron chi connectivity index (χ2n) is 4.65. The average Bonchev–Trinajstić information content (AvgIpc) is 1.81. The molecule has 0 heterocycles. The fourth-order valence-corrected chi connectivity index (χ4v) is 1.24. The van der Waals surface area contributed by atoms with E-state index in [9.17, 15) is 0 Å². The van der Waals surface area contributed by atoms with E-state index < -0.39 is 0 Å². The van der Waals surface area contributed by atoms with Crippen LogP contribution < -0.4 is 0 Å². The maximum atomic E-state index is 5.84. The molecule has 0 aliphatic heterocycles. The molecule has 13 heavy (non-hydrogen) atoms. The fraction of sp³-hybridized carbons (Fsp3) is 1.00. The van der Waals surface area contributed by atoms with Gasteiger partial charge in [-0.15, -0.1) is 0 Å². The Bertz CT molecular complexity index is 171. The Morgan fingerprint density at radius 3 is 1.54 bits per heavy atom. The van der Waals surface area contributed by atoms with Gasteiger partial charge < -0.3 is 0 Å². The number of alkyl halides is 1. The maximum Gasteiger partial charge on any atom is 0.176 e. The fourth-order valence-electron chi connectivity index (χ4n) is 0.862. The molecule has 0 bridgehead atoms. The van der Waals surface area contributed by atoms with Gasteiger partial charge in [0.1, 0.15) is 7.05 Å². The largest absolute Gasteiger partial charge is 0.176 e. The van der Waals surface area contributed by atoms with Crippen LogP contribution in [0.2, 0.25) is 0 Å². The summed E-state index contributed by atoms with van der Waals surface area (Å²) in [5.41, 5.74) is -0.100. The van der Waals surface area contributed by atoms with Crippen LogP contribution in [-0.2, 0) is 9.68 Å². The number of hydrogen-bond donors (Lipinski definition) is 0. The second-order valence-corrected chi connectivity index (χ2v) is 7.25. The Hall–Kier alpha value is 0.610. The van der Waals surface area contributed by atoms with Crippen molar-refractivity contribution in [2.45, 2.75) is 43.8 Å². The number of hydrogen-bond acceptors (Lipinski definition) is 2. The molecule has 1 atom stereocenters. The lowest BCUT2D eigenvalue weighted by atomic mass is 10.1. The summed E-state index contributed by atoms with van der Waals surface area (Å²) < 4.78 is -0.240. The van der Waals surface area contributed by atoms with E-state index in [-0.39, 0.29) is 14.0 Å². The van der Waals surface area contributed by atoms with Crippen molar-refractivity contribution in [3.8, 4) is 0 Å². The summed E-state index contributed by atoms with van der Waals surface area (Å²) in [7, 11) is 3.58. The minimum Gasteiger partial charge on any atom is -0.171 e. The van der Waals surface area contributed by atoms with Crippen molar-refractivity contribution >= 4 is 22.6 Å². The molecule has 0 fully saturated rings. The van der Waals surface area contributed by atoms with E-state index in [0.717, 1.165) is 0 Å². The molecule has 0 saturated heterocycles. The van der Waals surface area contributed by atoms with Crippen LogP contribution in [0.3, 0.4) is 0 Å². The number of hydroxylamine groups is 4. The molecule has 0 aromatic heterocycles. The molecule has 3 nitrogen and oxygen atoms in total. The molecular formula is C9H21INO2+. The summed E-state index contributed by atoms with van der Waals surface area (Å²) in [6, 6.07) is 0. The van der Waals surface area contributed by atoms with Crippen LogP contribution in [0.1, 0.15) is 34.6 Å². The zero-order valence-electron chi connectivity index (χ0n) is 9.64. The minimum absolute atomic E-state index is 0.100. The maximum absolute atomic E-state index is 5.84. The Balaban J connectivity index is 4.67. The van der Waals surface area contributed by atoms with Gasteiger partial charge in [0.25, 0.3) is 0 Å². The van der Waals surface area contributed by atoms with E-state index in [4.69, 9.17) is 9.68 Å². The summed E-state index contributed by atoms with van der Waals surface area (Å²) in [5, 5.41) is 0. The van der Waals surface area contributed by atoms with Crippen molar-refractivity contribution in [2.75, 3.05) is 14.2 Å². The van der Waals surface area contributed by atoms with Crippen LogP contribution in [0, 0.1) is 0 Å². The van der Waals surface area contributed by atoms with E-state index >= 15 is 0 Å². The van der Waals surface area contributed by atoms with E-state index in [1.807, 2.05) is 20.9 Å². The monoisotopic (exact) mass is 302 g/mol. The SMILES string of the molecule is CO[N+](C)(OC(C)(C)I)C(C)(C)C. The van der Waals surface area contributed by atoms with Gasteiger partial charge in [0.15, 0.2) is 9.15 Å². The predicted molar refractivity (Wildman–Crippen MR) is 62.1 cm³/mol. The lowest BCUT2D eigenvalue weighted by Gasteiger charge is -2.41. The summed E-state index contributed by atoms with van der Waals surface area (Å²) in [5.74, 6) is 0. The van der Waals surface area contributed by atoms with Gasteiger partial charge >= 0.3 is 0 Å². The first-order valence-electron chi connectivity index (χ1n) is 4.34. The van der Waals surface area contributed by atoms with E-state index in [1.165, 1.54) is 0 Å². The molecular weight excluding hydrogens is 281 g/mol. The predicted octanol–water partition coefficient (Wildman–Crippen LogP) is 2.90. The van der Waals surface area contributed by atoms with Crippen LogP contribution >= 0.6 is 22.6 Å². The Labute approximate surface area is 95.0 Å². The summed E-state index contributed by atoms with van der Waals surface area (Å²) >= 11 is 2.25. The van der Waals surface area contributed by atoms with E-state index in [0.29, 0.717) is 0 Å². The number of quaternary nitrogens is 1. The highest BCUT2D eigenvalue weighted by Crippen LogP contribution is 2.30. The van der Waals surface area contributed by atoms with Gasteiger partial charge in [-0.2, -0.15) is 9.68 Å². The molecule has 0 aromatic carbocycles. The molecule has 0 amide bonds. The normalized spacial score (nSPS) is 18.5. The van der Waals surface area contributed by atoms with Crippen molar-refractivity contribution in [1.29, 1.82) is 0 Å². The Kier molecular flexibility index (Phi) is 4.19. The number of rotatable bonds is 3. The van der Waals surface area contributed by atoms with Gasteiger partial charge in [0.2, 0.25) is 0 Å². The highest BCUT2D eigenvalue weighted by atomic mass is 127. The van der Waals surface area contributed by atoms with Gasteiger partial charge in [-0.05, 0) is 62.0 Å².